The van der Waals surface area contributed by atoms with E-state index in [0.29, 0.717) is 5.92 Å². The van der Waals surface area contributed by atoms with Gasteiger partial charge in [-0.15, -0.1) is 4.20 Å². The minimum atomic E-state index is -2.50. The molecule has 1 heterocycles. The quantitative estimate of drug-likeness (QED) is 0.335. The minimum absolute atomic E-state index is 0.00191. The van der Waals surface area contributed by atoms with Crippen molar-refractivity contribution >= 4 is 8.69 Å². The fourth-order valence-corrected chi connectivity index (χ4v) is 6.88. The largest absolute Gasteiger partial charge is 0.439 e. The Kier molecular flexibility index (Phi) is 7.41. The van der Waals surface area contributed by atoms with E-state index in [2.05, 4.69) is 102 Å². The first-order valence-electron chi connectivity index (χ1n) is 13.2. The van der Waals surface area contributed by atoms with E-state index in [-0.39, 0.29) is 45.5 Å². The molecule has 0 aromatic heterocycles. The molecule has 1 saturated carbocycles. The average Bonchev–Trinajstić information content (AvgIpc) is 2.63. The lowest BCUT2D eigenvalue weighted by atomic mass is 9.56. The van der Waals surface area contributed by atoms with Crippen LogP contribution in [0.4, 0.5) is 4.20 Å². The molecule has 1 aliphatic heterocycles. The van der Waals surface area contributed by atoms with Crippen molar-refractivity contribution in [2.24, 2.45) is 28.6 Å². The molecule has 0 bridgehead atoms. The van der Waals surface area contributed by atoms with Gasteiger partial charge >= 0.3 is 8.69 Å². The van der Waals surface area contributed by atoms with Crippen molar-refractivity contribution in [3.05, 3.63) is 28.8 Å². The van der Waals surface area contributed by atoms with Crippen LogP contribution in [0.1, 0.15) is 125 Å². The van der Waals surface area contributed by atoms with Crippen molar-refractivity contribution in [1.82, 2.24) is 0 Å². The van der Waals surface area contributed by atoms with E-state index in [1.807, 2.05) is 0 Å². The van der Waals surface area contributed by atoms with Crippen molar-refractivity contribution in [2.45, 2.75) is 126 Å². The average molecular weight is 493 g/mol. The monoisotopic (exact) mass is 492 g/mol. The third-order valence-electron chi connectivity index (χ3n) is 8.54. The Morgan fingerprint density at radius 3 is 1.88 bits per heavy atom. The summed E-state index contributed by atoms with van der Waals surface area (Å²) >= 11 is 0. The molecule has 6 unspecified atom stereocenters. The van der Waals surface area contributed by atoms with Gasteiger partial charge in [0, 0.05) is 5.56 Å². The van der Waals surface area contributed by atoms with Gasteiger partial charge in [0.25, 0.3) is 0 Å². The lowest BCUT2D eigenvalue weighted by Gasteiger charge is -2.52. The lowest BCUT2D eigenvalue weighted by molar-refractivity contribution is -0.0637. The molecule has 1 aromatic rings. The lowest BCUT2D eigenvalue weighted by Crippen LogP contribution is -2.48. The third-order valence-corrected chi connectivity index (χ3v) is 9.28. The van der Waals surface area contributed by atoms with Gasteiger partial charge < -0.3 is 4.52 Å². The predicted octanol–water partition coefficient (Wildman–Crippen LogP) is 10.1. The van der Waals surface area contributed by atoms with E-state index >= 15 is 4.20 Å². The molecular weight excluding hydrogens is 442 g/mol. The summed E-state index contributed by atoms with van der Waals surface area (Å²) in [5.41, 5.74) is 3.64. The standard InChI is InChI=1S/C30H50FO2P/c1-18-21-14-19(27(2,3)4)16-23(29(8,9)10)25(21)32-34(31)33-26-22(18)15-20(28(5,6)7)17-24(26)30(11,12)13/h14,16,18,20,22,24,26H,15,17H2,1-13H3. The van der Waals surface area contributed by atoms with Crippen LogP contribution in [-0.2, 0) is 15.4 Å². The highest BCUT2D eigenvalue weighted by Crippen LogP contribution is 2.60. The van der Waals surface area contributed by atoms with Crippen molar-refractivity contribution in [3.63, 3.8) is 0 Å². The number of halogens is 1. The molecular formula is C30H50FO2P. The van der Waals surface area contributed by atoms with Gasteiger partial charge in [0.1, 0.15) is 5.75 Å². The molecule has 3 rings (SSSR count). The fraction of sp³-hybridized carbons (Fsp3) is 0.800. The van der Waals surface area contributed by atoms with Crippen LogP contribution in [0.15, 0.2) is 12.1 Å². The van der Waals surface area contributed by atoms with Gasteiger partial charge in [0.2, 0.25) is 0 Å². The summed E-state index contributed by atoms with van der Waals surface area (Å²) in [5.74, 6) is 2.07. The molecule has 2 aliphatic rings. The van der Waals surface area contributed by atoms with E-state index in [1.54, 1.807) is 0 Å². The molecule has 34 heavy (non-hydrogen) atoms. The summed E-state index contributed by atoms with van der Waals surface area (Å²) in [7, 11) is -2.50. The number of benzene rings is 1. The highest BCUT2D eigenvalue weighted by Gasteiger charge is 2.51. The van der Waals surface area contributed by atoms with Crippen LogP contribution in [0.5, 0.6) is 5.75 Å². The molecule has 2 nitrogen and oxygen atoms in total. The first kappa shape index (κ1) is 27.9. The molecule has 1 fully saturated rings. The van der Waals surface area contributed by atoms with E-state index in [1.165, 1.54) is 11.1 Å². The molecule has 0 amide bonds. The van der Waals surface area contributed by atoms with Gasteiger partial charge in [0.15, 0.2) is 0 Å². The highest BCUT2D eigenvalue weighted by atomic mass is 31.2. The Balaban J connectivity index is 2.24. The minimum Gasteiger partial charge on any atom is -0.423 e. The zero-order valence-corrected chi connectivity index (χ0v) is 25.0. The maximum atomic E-state index is 15.6. The van der Waals surface area contributed by atoms with Crippen LogP contribution in [0.2, 0.25) is 0 Å². The molecule has 0 radical (unpaired) electrons. The molecule has 1 aromatic carbocycles. The van der Waals surface area contributed by atoms with Gasteiger partial charge in [-0.1, -0.05) is 102 Å². The first-order valence-corrected chi connectivity index (χ1v) is 14.3. The second kappa shape index (κ2) is 9.02. The van der Waals surface area contributed by atoms with E-state index in [4.69, 9.17) is 9.05 Å². The van der Waals surface area contributed by atoms with Gasteiger partial charge in [0.05, 0.1) is 6.10 Å². The van der Waals surface area contributed by atoms with E-state index in [0.717, 1.165) is 24.2 Å². The van der Waals surface area contributed by atoms with Gasteiger partial charge in [-0.25, -0.2) is 0 Å². The molecule has 4 heteroatoms. The number of rotatable bonds is 0. The van der Waals surface area contributed by atoms with Crippen molar-refractivity contribution in [3.8, 4) is 5.75 Å². The third kappa shape index (κ3) is 5.67. The van der Waals surface area contributed by atoms with E-state index < -0.39 is 8.69 Å². The highest BCUT2D eigenvalue weighted by molar-refractivity contribution is 7.41. The first-order chi connectivity index (χ1) is 15.2. The molecule has 0 saturated heterocycles. The van der Waals surface area contributed by atoms with Crippen LogP contribution < -0.4 is 4.52 Å². The second-order valence-electron chi connectivity index (χ2n) is 15.3. The van der Waals surface area contributed by atoms with Crippen molar-refractivity contribution in [2.75, 3.05) is 0 Å². The Morgan fingerprint density at radius 1 is 0.824 bits per heavy atom. The summed E-state index contributed by atoms with van der Waals surface area (Å²) < 4.78 is 28.0. The zero-order chi connectivity index (χ0) is 26.0. The molecule has 6 atom stereocenters. The van der Waals surface area contributed by atoms with Gasteiger partial charge in [-0.3, -0.25) is 4.52 Å². The number of hydrogen-bond acceptors (Lipinski definition) is 2. The van der Waals surface area contributed by atoms with Crippen molar-refractivity contribution < 1.29 is 13.2 Å². The topological polar surface area (TPSA) is 18.5 Å². The van der Waals surface area contributed by atoms with Crippen LogP contribution >= 0.6 is 8.69 Å². The van der Waals surface area contributed by atoms with Crippen LogP contribution in [-0.4, -0.2) is 6.10 Å². The molecule has 1 aliphatic carbocycles. The second-order valence-corrected chi connectivity index (χ2v) is 16.1. The Hall–Kier alpha value is -0.660. The normalized spacial score (nSPS) is 31.1. The maximum absolute atomic E-state index is 15.6. The molecule has 0 N–H and O–H groups in total. The van der Waals surface area contributed by atoms with Gasteiger partial charge in [-0.2, -0.15) is 0 Å². The zero-order valence-electron chi connectivity index (χ0n) is 24.1. The van der Waals surface area contributed by atoms with Crippen LogP contribution in [0.25, 0.3) is 0 Å². The van der Waals surface area contributed by atoms with Crippen molar-refractivity contribution in [1.29, 1.82) is 0 Å². The van der Waals surface area contributed by atoms with Gasteiger partial charge in [-0.05, 0) is 69.3 Å². The maximum Gasteiger partial charge on any atom is 0.439 e. The summed E-state index contributed by atoms with van der Waals surface area (Å²) in [4.78, 5) is 0. The number of fused-ring (bicyclic) bond motifs is 2. The van der Waals surface area contributed by atoms with Crippen LogP contribution in [0, 0.1) is 28.6 Å². The summed E-state index contributed by atoms with van der Waals surface area (Å²) in [6.45, 7) is 29.6. The smallest absolute Gasteiger partial charge is 0.423 e. The number of hydrogen-bond donors (Lipinski definition) is 0. The van der Waals surface area contributed by atoms with E-state index in [9.17, 15) is 0 Å². The summed E-state index contributed by atoms with van der Waals surface area (Å²) in [5, 5.41) is 0. The summed E-state index contributed by atoms with van der Waals surface area (Å²) in [6.07, 6.45) is 2.01. The Labute approximate surface area is 210 Å². The van der Waals surface area contributed by atoms with Crippen LogP contribution in [0.3, 0.4) is 0 Å². The molecule has 0 spiro atoms. The Morgan fingerprint density at radius 2 is 1.41 bits per heavy atom. The Bertz CT molecular complexity index is 881. The predicted molar refractivity (Wildman–Crippen MR) is 144 cm³/mol. The fourth-order valence-electron chi connectivity index (χ4n) is 5.99. The molecule has 194 valence electrons. The summed E-state index contributed by atoms with van der Waals surface area (Å²) in [6, 6.07) is 4.55. The SMILES string of the molecule is CC1c2cc(C(C)(C)C)cc(C(C)(C)C)c2OP(F)OC2C1CC(C(C)(C)C)CC2C(C)(C)C.